The Morgan fingerprint density at radius 2 is 1.94 bits per heavy atom. The van der Waals surface area contributed by atoms with Crippen LogP contribution in [0.25, 0.3) is 0 Å². The molecule has 1 rings (SSSR count). The van der Waals surface area contributed by atoms with Crippen LogP contribution < -0.4 is 4.74 Å². The first-order chi connectivity index (χ1) is 7.81. The Morgan fingerprint density at radius 3 is 2.41 bits per heavy atom. The van der Waals surface area contributed by atoms with Crippen molar-refractivity contribution in [3.8, 4) is 5.75 Å². The van der Waals surface area contributed by atoms with Gasteiger partial charge in [-0.05, 0) is 39.6 Å². The Morgan fingerprint density at radius 1 is 1.29 bits per heavy atom. The summed E-state index contributed by atoms with van der Waals surface area (Å²) in [5.74, 6) is 0.901. The summed E-state index contributed by atoms with van der Waals surface area (Å²) in [4.78, 5) is 2.10. The van der Waals surface area contributed by atoms with Crippen LogP contribution in [0.2, 0.25) is 0 Å². The zero-order chi connectivity index (χ0) is 13.1. The van der Waals surface area contributed by atoms with E-state index in [1.54, 1.807) is 7.11 Å². The van der Waals surface area contributed by atoms with Crippen LogP contribution in [0.3, 0.4) is 0 Å². The summed E-state index contributed by atoms with van der Waals surface area (Å²) in [6, 6.07) is 6.09. The van der Waals surface area contributed by atoms with E-state index in [9.17, 15) is 5.11 Å². The van der Waals surface area contributed by atoms with E-state index in [4.69, 9.17) is 4.74 Å². The molecule has 0 fully saturated rings. The van der Waals surface area contributed by atoms with Crippen LogP contribution in [-0.4, -0.2) is 36.8 Å². The molecular formula is C14H23NO2. The number of ether oxygens (including phenoxy) is 1. The molecule has 0 atom stereocenters. The minimum absolute atomic E-state index is 0.650. The van der Waals surface area contributed by atoms with Crippen molar-refractivity contribution in [2.75, 3.05) is 21.2 Å². The van der Waals surface area contributed by atoms with Gasteiger partial charge in [0, 0.05) is 18.5 Å². The van der Waals surface area contributed by atoms with Crippen molar-refractivity contribution in [3.63, 3.8) is 0 Å². The van der Waals surface area contributed by atoms with Crippen LogP contribution >= 0.6 is 0 Å². The van der Waals surface area contributed by atoms with Gasteiger partial charge in [-0.25, -0.2) is 0 Å². The summed E-state index contributed by atoms with van der Waals surface area (Å²) in [7, 11) is 5.74. The van der Waals surface area contributed by atoms with E-state index in [0.717, 1.165) is 23.4 Å². The molecule has 0 saturated heterocycles. The molecule has 0 aliphatic carbocycles. The first-order valence-corrected chi connectivity index (χ1v) is 5.85. The van der Waals surface area contributed by atoms with Crippen molar-refractivity contribution in [2.45, 2.75) is 32.4 Å². The smallest absolute Gasteiger partial charge is 0.123 e. The molecule has 0 radical (unpaired) electrons. The van der Waals surface area contributed by atoms with Gasteiger partial charge in [-0.2, -0.15) is 0 Å². The van der Waals surface area contributed by atoms with Gasteiger partial charge >= 0.3 is 0 Å². The maximum Gasteiger partial charge on any atom is 0.123 e. The Balaban J connectivity index is 2.96. The predicted octanol–water partition coefficient (Wildman–Crippen LogP) is 2.07. The second-order valence-electron chi connectivity index (χ2n) is 5.37. The Hall–Kier alpha value is -1.06. The minimum atomic E-state index is -0.677. The van der Waals surface area contributed by atoms with E-state index in [2.05, 4.69) is 11.0 Å². The van der Waals surface area contributed by atoms with Crippen LogP contribution in [0.15, 0.2) is 18.2 Å². The lowest BCUT2D eigenvalue weighted by molar-refractivity contribution is 0.0809. The maximum atomic E-state index is 9.83. The Bertz CT molecular complexity index is 367. The van der Waals surface area contributed by atoms with Crippen LogP contribution in [0, 0.1) is 0 Å². The molecule has 0 aromatic heterocycles. The van der Waals surface area contributed by atoms with E-state index < -0.39 is 5.60 Å². The van der Waals surface area contributed by atoms with Crippen molar-refractivity contribution in [1.82, 2.24) is 4.90 Å². The maximum absolute atomic E-state index is 9.83. The number of hydrogen-bond donors (Lipinski definition) is 1. The molecule has 0 unspecified atom stereocenters. The molecule has 1 aromatic rings. The number of hydrogen-bond acceptors (Lipinski definition) is 3. The third-order valence-electron chi connectivity index (χ3n) is 2.47. The summed E-state index contributed by atoms with van der Waals surface area (Å²) < 4.78 is 5.34. The lowest BCUT2D eigenvalue weighted by Crippen LogP contribution is -2.22. The lowest BCUT2D eigenvalue weighted by Gasteiger charge is -2.19. The average Bonchev–Trinajstić information content (AvgIpc) is 2.14. The van der Waals surface area contributed by atoms with Crippen molar-refractivity contribution in [2.24, 2.45) is 0 Å². The van der Waals surface area contributed by atoms with Crippen molar-refractivity contribution < 1.29 is 9.84 Å². The molecular weight excluding hydrogens is 214 g/mol. The van der Waals surface area contributed by atoms with Gasteiger partial charge in [0.15, 0.2) is 0 Å². The lowest BCUT2D eigenvalue weighted by atomic mass is 9.97. The van der Waals surface area contributed by atoms with Crippen LogP contribution in [-0.2, 0) is 13.0 Å². The van der Waals surface area contributed by atoms with Crippen LogP contribution in [0.4, 0.5) is 0 Å². The summed E-state index contributed by atoms with van der Waals surface area (Å²) in [6.07, 6.45) is 0.650. The topological polar surface area (TPSA) is 32.7 Å². The van der Waals surface area contributed by atoms with Crippen LogP contribution in [0.5, 0.6) is 5.75 Å². The third kappa shape index (κ3) is 4.75. The largest absolute Gasteiger partial charge is 0.496 e. The van der Waals surface area contributed by atoms with E-state index in [1.807, 2.05) is 40.1 Å². The molecule has 0 saturated carbocycles. The van der Waals surface area contributed by atoms with Crippen LogP contribution in [0.1, 0.15) is 25.0 Å². The predicted molar refractivity (Wildman–Crippen MR) is 70.4 cm³/mol. The number of benzene rings is 1. The standard InChI is InChI=1S/C14H23NO2/c1-14(2,16)9-11-6-7-13(17-5)12(8-11)10-15(3)4/h6-8,16H,9-10H2,1-5H3. The molecule has 0 aliphatic rings. The van der Waals surface area contributed by atoms with Crippen molar-refractivity contribution in [3.05, 3.63) is 29.3 Å². The fourth-order valence-corrected chi connectivity index (χ4v) is 1.91. The quantitative estimate of drug-likeness (QED) is 0.851. The highest BCUT2D eigenvalue weighted by Crippen LogP contribution is 2.23. The molecule has 0 bridgehead atoms. The van der Waals surface area contributed by atoms with Gasteiger partial charge in [-0.1, -0.05) is 12.1 Å². The van der Waals surface area contributed by atoms with E-state index in [-0.39, 0.29) is 0 Å². The summed E-state index contributed by atoms with van der Waals surface area (Å²) in [5.41, 5.74) is 1.61. The molecule has 0 spiro atoms. The molecule has 17 heavy (non-hydrogen) atoms. The number of aliphatic hydroxyl groups is 1. The summed E-state index contributed by atoms with van der Waals surface area (Å²) in [6.45, 7) is 4.48. The van der Waals surface area contributed by atoms with Gasteiger partial charge in [-0.15, -0.1) is 0 Å². The first kappa shape index (κ1) is 14.0. The SMILES string of the molecule is COc1ccc(CC(C)(C)O)cc1CN(C)C. The molecule has 0 heterocycles. The van der Waals surface area contributed by atoms with Gasteiger partial charge in [-0.3, -0.25) is 0 Å². The molecule has 0 amide bonds. The highest BCUT2D eigenvalue weighted by molar-refractivity contribution is 5.37. The summed E-state index contributed by atoms with van der Waals surface area (Å²) in [5, 5.41) is 9.83. The van der Waals surface area contributed by atoms with E-state index in [0.29, 0.717) is 6.42 Å². The van der Waals surface area contributed by atoms with Gasteiger partial charge in [0.1, 0.15) is 5.75 Å². The first-order valence-electron chi connectivity index (χ1n) is 5.85. The fourth-order valence-electron chi connectivity index (χ4n) is 1.91. The van der Waals surface area contributed by atoms with Crippen molar-refractivity contribution in [1.29, 1.82) is 0 Å². The molecule has 1 aromatic carbocycles. The average molecular weight is 237 g/mol. The molecule has 1 N–H and O–H groups in total. The van der Waals surface area contributed by atoms with Crippen molar-refractivity contribution >= 4 is 0 Å². The molecule has 3 nitrogen and oxygen atoms in total. The third-order valence-corrected chi connectivity index (χ3v) is 2.47. The zero-order valence-corrected chi connectivity index (χ0v) is 11.4. The second kappa shape index (κ2) is 5.52. The number of nitrogens with zero attached hydrogens (tertiary/aromatic N) is 1. The van der Waals surface area contributed by atoms with Gasteiger partial charge in [0.25, 0.3) is 0 Å². The molecule has 0 aliphatic heterocycles. The highest BCUT2D eigenvalue weighted by atomic mass is 16.5. The molecule has 96 valence electrons. The Labute approximate surface area is 104 Å². The zero-order valence-electron chi connectivity index (χ0n) is 11.4. The van der Waals surface area contributed by atoms with Gasteiger partial charge < -0.3 is 14.7 Å². The minimum Gasteiger partial charge on any atom is -0.496 e. The van der Waals surface area contributed by atoms with Gasteiger partial charge in [0.2, 0.25) is 0 Å². The highest BCUT2D eigenvalue weighted by Gasteiger charge is 2.15. The Kier molecular flexibility index (Phi) is 4.54. The number of methoxy groups -OCH3 is 1. The van der Waals surface area contributed by atoms with Gasteiger partial charge in [0.05, 0.1) is 12.7 Å². The number of rotatable bonds is 5. The summed E-state index contributed by atoms with van der Waals surface area (Å²) >= 11 is 0. The second-order valence-corrected chi connectivity index (χ2v) is 5.37. The van der Waals surface area contributed by atoms with E-state index >= 15 is 0 Å². The fraction of sp³-hybridized carbons (Fsp3) is 0.571. The normalized spacial score (nSPS) is 11.9. The van der Waals surface area contributed by atoms with E-state index in [1.165, 1.54) is 0 Å². The monoisotopic (exact) mass is 237 g/mol. The molecule has 3 heteroatoms.